The molecule has 0 fully saturated rings. The lowest BCUT2D eigenvalue weighted by atomic mass is 10.0. The molecule has 0 bridgehead atoms. The lowest BCUT2D eigenvalue weighted by molar-refractivity contribution is 0.0950. The number of amides is 1. The number of ether oxygens (including phenoxy) is 2. The van der Waals surface area contributed by atoms with Crippen molar-refractivity contribution in [3.63, 3.8) is 0 Å². The van der Waals surface area contributed by atoms with E-state index < -0.39 is 0 Å². The molecule has 0 saturated carbocycles. The quantitative estimate of drug-likeness (QED) is 0.689. The highest BCUT2D eigenvalue weighted by atomic mass is 16.5. The zero-order valence-corrected chi connectivity index (χ0v) is 16.5. The van der Waals surface area contributed by atoms with Gasteiger partial charge in [0, 0.05) is 24.2 Å². The molecule has 2 rings (SSSR count). The second-order valence-electron chi connectivity index (χ2n) is 6.55. The van der Waals surface area contributed by atoms with Gasteiger partial charge in [0.25, 0.3) is 5.91 Å². The maximum atomic E-state index is 12.7. The maximum absolute atomic E-state index is 12.7. The van der Waals surface area contributed by atoms with Gasteiger partial charge in [0.1, 0.15) is 0 Å². The van der Waals surface area contributed by atoms with Crippen molar-refractivity contribution in [1.29, 1.82) is 0 Å². The fourth-order valence-corrected chi connectivity index (χ4v) is 2.98. The normalized spacial score (nSPS) is 10.6. The summed E-state index contributed by atoms with van der Waals surface area (Å²) in [5.41, 5.74) is 3.70. The van der Waals surface area contributed by atoms with Crippen LogP contribution in [0.3, 0.4) is 0 Å². The number of benzene rings is 2. The van der Waals surface area contributed by atoms with Crippen molar-refractivity contribution in [3.8, 4) is 11.5 Å². The first-order valence-corrected chi connectivity index (χ1v) is 8.85. The van der Waals surface area contributed by atoms with E-state index >= 15 is 0 Å². The number of carbonyl (C=O) groups is 1. The molecule has 0 heterocycles. The van der Waals surface area contributed by atoms with E-state index in [1.165, 1.54) is 5.56 Å². The smallest absolute Gasteiger partial charge is 0.251 e. The minimum Gasteiger partial charge on any atom is -0.493 e. The average Bonchev–Trinajstić information content (AvgIpc) is 2.66. The molecule has 0 radical (unpaired) electrons. The van der Waals surface area contributed by atoms with Crippen molar-refractivity contribution in [2.24, 2.45) is 0 Å². The van der Waals surface area contributed by atoms with Crippen molar-refractivity contribution >= 4 is 5.91 Å². The Bertz CT molecular complexity index is 800. The van der Waals surface area contributed by atoms with Gasteiger partial charge in [0.05, 0.1) is 14.2 Å². The Morgan fingerprint density at radius 2 is 1.81 bits per heavy atom. The topological polar surface area (TPSA) is 50.8 Å². The van der Waals surface area contributed by atoms with Crippen LogP contribution < -0.4 is 14.8 Å². The van der Waals surface area contributed by atoms with Crippen LogP contribution >= 0.6 is 0 Å². The minimum absolute atomic E-state index is 0.152. The van der Waals surface area contributed by atoms with Crippen LogP contribution in [-0.2, 0) is 19.5 Å². The Morgan fingerprint density at radius 3 is 2.41 bits per heavy atom. The van der Waals surface area contributed by atoms with Crippen LogP contribution in [-0.4, -0.2) is 39.1 Å². The van der Waals surface area contributed by atoms with E-state index in [0.717, 1.165) is 17.7 Å². The van der Waals surface area contributed by atoms with Crippen LogP contribution in [0, 0.1) is 0 Å². The number of nitrogens with zero attached hydrogens (tertiary/aromatic N) is 1. The summed E-state index contributed by atoms with van der Waals surface area (Å²) in [5.74, 6) is 1.02. The SMILES string of the molecule is C=CCc1cc(C(=O)NCc2ccccc2CN(C)C)cc(OC)c1OC. The van der Waals surface area contributed by atoms with Gasteiger partial charge in [0.15, 0.2) is 11.5 Å². The molecule has 2 aromatic rings. The van der Waals surface area contributed by atoms with Crippen LogP contribution in [0.15, 0.2) is 49.1 Å². The first kappa shape index (κ1) is 20.5. The van der Waals surface area contributed by atoms with E-state index in [9.17, 15) is 4.79 Å². The summed E-state index contributed by atoms with van der Waals surface area (Å²) in [6, 6.07) is 11.6. The Labute approximate surface area is 161 Å². The van der Waals surface area contributed by atoms with E-state index in [2.05, 4.69) is 22.9 Å². The zero-order valence-electron chi connectivity index (χ0n) is 16.5. The number of hydrogen-bond donors (Lipinski definition) is 1. The summed E-state index contributed by atoms with van der Waals surface area (Å²) in [5, 5.41) is 3.01. The van der Waals surface area contributed by atoms with E-state index in [-0.39, 0.29) is 5.91 Å². The van der Waals surface area contributed by atoms with Crippen LogP contribution in [0.5, 0.6) is 11.5 Å². The van der Waals surface area contributed by atoms with E-state index in [1.807, 2.05) is 38.4 Å². The summed E-state index contributed by atoms with van der Waals surface area (Å²) >= 11 is 0. The van der Waals surface area contributed by atoms with Gasteiger partial charge in [-0.25, -0.2) is 0 Å². The third-order valence-corrected chi connectivity index (χ3v) is 4.23. The summed E-state index contributed by atoms with van der Waals surface area (Å²) in [4.78, 5) is 14.8. The standard InChI is InChI=1S/C22H28N2O3/c1-6-9-16-12-19(13-20(26-4)21(16)27-5)22(25)23-14-17-10-7-8-11-18(17)15-24(2)3/h6-8,10-13H,1,9,14-15H2,2-5H3,(H,23,25). The largest absolute Gasteiger partial charge is 0.493 e. The van der Waals surface area contributed by atoms with Gasteiger partial charge in [0.2, 0.25) is 0 Å². The Kier molecular flexibility index (Phi) is 7.44. The minimum atomic E-state index is -0.152. The highest BCUT2D eigenvalue weighted by Gasteiger charge is 2.16. The van der Waals surface area contributed by atoms with Gasteiger partial charge in [-0.3, -0.25) is 4.79 Å². The van der Waals surface area contributed by atoms with Gasteiger partial charge in [-0.2, -0.15) is 0 Å². The van der Waals surface area contributed by atoms with Gasteiger partial charge < -0.3 is 19.7 Å². The fourth-order valence-electron chi connectivity index (χ4n) is 2.98. The van der Waals surface area contributed by atoms with E-state index in [4.69, 9.17) is 9.47 Å². The highest BCUT2D eigenvalue weighted by molar-refractivity contribution is 5.95. The number of hydrogen-bond acceptors (Lipinski definition) is 4. The number of carbonyl (C=O) groups excluding carboxylic acids is 1. The predicted octanol–water partition coefficient (Wildman–Crippen LogP) is 3.42. The van der Waals surface area contributed by atoms with Gasteiger partial charge in [-0.1, -0.05) is 30.3 Å². The number of allylic oxidation sites excluding steroid dienone is 1. The molecule has 0 unspecified atom stereocenters. The zero-order chi connectivity index (χ0) is 19.8. The molecule has 5 heteroatoms. The molecular weight excluding hydrogens is 340 g/mol. The number of nitrogens with one attached hydrogen (secondary N) is 1. The number of rotatable bonds is 9. The first-order chi connectivity index (χ1) is 13.0. The molecule has 0 aliphatic rings. The molecule has 27 heavy (non-hydrogen) atoms. The molecule has 0 spiro atoms. The van der Waals surface area contributed by atoms with Gasteiger partial charge >= 0.3 is 0 Å². The average molecular weight is 368 g/mol. The summed E-state index contributed by atoms with van der Waals surface area (Å²) in [6.45, 7) is 5.06. The molecule has 0 atom stereocenters. The fraction of sp³-hybridized carbons (Fsp3) is 0.318. The van der Waals surface area contributed by atoms with Gasteiger partial charge in [-0.05, 0) is 43.8 Å². The lowest BCUT2D eigenvalue weighted by Gasteiger charge is -2.16. The van der Waals surface area contributed by atoms with Crippen LogP contribution in [0.25, 0.3) is 0 Å². The van der Waals surface area contributed by atoms with Crippen molar-refractivity contribution in [1.82, 2.24) is 10.2 Å². The molecule has 0 aliphatic heterocycles. The Hall–Kier alpha value is -2.79. The summed E-state index contributed by atoms with van der Waals surface area (Å²) in [6.07, 6.45) is 2.36. The first-order valence-electron chi connectivity index (χ1n) is 8.85. The third kappa shape index (κ3) is 5.34. The Balaban J connectivity index is 2.21. The molecule has 0 saturated heterocycles. The second kappa shape index (κ2) is 9.78. The molecule has 0 aromatic heterocycles. The molecule has 5 nitrogen and oxygen atoms in total. The molecule has 144 valence electrons. The second-order valence-corrected chi connectivity index (χ2v) is 6.55. The maximum Gasteiger partial charge on any atom is 0.251 e. The van der Waals surface area contributed by atoms with E-state index in [0.29, 0.717) is 30.0 Å². The van der Waals surface area contributed by atoms with Crippen molar-refractivity contribution in [3.05, 3.63) is 71.3 Å². The molecular formula is C22H28N2O3. The number of methoxy groups -OCH3 is 2. The predicted molar refractivity (Wildman–Crippen MR) is 108 cm³/mol. The Morgan fingerprint density at radius 1 is 1.11 bits per heavy atom. The van der Waals surface area contributed by atoms with E-state index in [1.54, 1.807) is 26.4 Å². The van der Waals surface area contributed by atoms with Gasteiger partial charge in [-0.15, -0.1) is 6.58 Å². The van der Waals surface area contributed by atoms with Crippen molar-refractivity contribution in [2.45, 2.75) is 19.5 Å². The van der Waals surface area contributed by atoms with Crippen LogP contribution in [0.1, 0.15) is 27.0 Å². The summed E-state index contributed by atoms with van der Waals surface area (Å²) < 4.78 is 10.8. The summed E-state index contributed by atoms with van der Waals surface area (Å²) in [7, 11) is 7.21. The molecule has 0 aliphatic carbocycles. The molecule has 1 N–H and O–H groups in total. The van der Waals surface area contributed by atoms with Crippen molar-refractivity contribution in [2.75, 3.05) is 28.3 Å². The third-order valence-electron chi connectivity index (χ3n) is 4.23. The monoisotopic (exact) mass is 368 g/mol. The molecule has 2 aromatic carbocycles. The van der Waals surface area contributed by atoms with Crippen LogP contribution in [0.4, 0.5) is 0 Å². The van der Waals surface area contributed by atoms with Crippen molar-refractivity contribution < 1.29 is 14.3 Å². The van der Waals surface area contributed by atoms with Crippen LogP contribution in [0.2, 0.25) is 0 Å². The lowest BCUT2D eigenvalue weighted by Crippen LogP contribution is -2.24. The molecule has 1 amide bonds. The highest BCUT2D eigenvalue weighted by Crippen LogP contribution is 2.33.